The smallest absolute Gasteiger partial charge is 0.339 e. The molecular formula is C12H13N5O4S. The molecule has 2 rings (SSSR count). The maximum Gasteiger partial charge on any atom is 0.339 e. The van der Waals surface area contributed by atoms with Crippen LogP contribution in [0.1, 0.15) is 24.2 Å². The lowest BCUT2D eigenvalue weighted by Gasteiger charge is -2.11. The van der Waals surface area contributed by atoms with Gasteiger partial charge in [0.15, 0.2) is 0 Å². The lowest BCUT2D eigenvalue weighted by atomic mass is 10.2. The van der Waals surface area contributed by atoms with E-state index < -0.39 is 10.9 Å². The van der Waals surface area contributed by atoms with Gasteiger partial charge in [-0.2, -0.15) is 0 Å². The van der Waals surface area contributed by atoms with Crippen LogP contribution in [0.15, 0.2) is 34.6 Å². The summed E-state index contributed by atoms with van der Waals surface area (Å²) in [5.41, 5.74) is -0.120. The molecule has 1 heterocycles. The van der Waals surface area contributed by atoms with Gasteiger partial charge in [-0.1, -0.05) is 0 Å². The van der Waals surface area contributed by atoms with E-state index in [4.69, 9.17) is 10.6 Å². The molecule has 0 aliphatic carbocycles. The van der Waals surface area contributed by atoms with Crippen molar-refractivity contribution in [3.8, 4) is 0 Å². The molecular weight excluding hydrogens is 310 g/mol. The summed E-state index contributed by atoms with van der Waals surface area (Å²) in [6.07, 6.45) is 0.961. The second kappa shape index (κ2) is 6.43. The highest BCUT2D eigenvalue weighted by Gasteiger charge is 2.20. The molecule has 0 aliphatic heterocycles. The fourth-order valence-electron chi connectivity index (χ4n) is 1.56. The van der Waals surface area contributed by atoms with Crippen LogP contribution in [-0.2, 0) is 4.74 Å². The number of esters is 1. The molecule has 0 unspecified atom stereocenters. The average Bonchev–Trinajstić information content (AvgIpc) is 2.83. The van der Waals surface area contributed by atoms with E-state index in [0.29, 0.717) is 10.1 Å². The minimum absolute atomic E-state index is 0.0795. The zero-order chi connectivity index (χ0) is 16.3. The zero-order valence-corrected chi connectivity index (χ0v) is 12.6. The molecule has 0 atom stereocenters. The molecule has 9 nitrogen and oxygen atoms in total. The molecule has 0 amide bonds. The van der Waals surface area contributed by atoms with Crippen molar-refractivity contribution in [3.63, 3.8) is 0 Å². The van der Waals surface area contributed by atoms with E-state index in [9.17, 15) is 14.9 Å². The topological polar surface area (TPSA) is 126 Å². The summed E-state index contributed by atoms with van der Waals surface area (Å²) in [6.45, 7) is 3.39. The van der Waals surface area contributed by atoms with Crippen molar-refractivity contribution < 1.29 is 14.5 Å². The Hall–Kier alpha value is -2.62. The molecule has 1 aromatic heterocycles. The first-order chi connectivity index (χ1) is 10.4. The second-order valence-corrected chi connectivity index (χ2v) is 5.52. The van der Waals surface area contributed by atoms with E-state index in [2.05, 4.69) is 10.2 Å². The van der Waals surface area contributed by atoms with Gasteiger partial charge in [0.2, 0.25) is 5.16 Å². The van der Waals surface area contributed by atoms with Crippen LogP contribution in [0.25, 0.3) is 0 Å². The van der Waals surface area contributed by atoms with Crippen molar-refractivity contribution >= 4 is 23.4 Å². The Morgan fingerprint density at radius 2 is 2.23 bits per heavy atom. The van der Waals surface area contributed by atoms with Gasteiger partial charge in [0, 0.05) is 17.0 Å². The number of nitrogens with zero attached hydrogens (tertiary/aromatic N) is 4. The van der Waals surface area contributed by atoms with Gasteiger partial charge in [0.05, 0.1) is 16.6 Å². The van der Waals surface area contributed by atoms with Crippen LogP contribution in [0, 0.1) is 10.1 Å². The number of hydrogen-bond donors (Lipinski definition) is 1. The van der Waals surface area contributed by atoms with Gasteiger partial charge < -0.3 is 10.6 Å². The third-order valence-corrected chi connectivity index (χ3v) is 3.53. The van der Waals surface area contributed by atoms with Crippen molar-refractivity contribution in [2.24, 2.45) is 0 Å². The van der Waals surface area contributed by atoms with E-state index in [1.54, 1.807) is 13.8 Å². The molecule has 0 saturated heterocycles. The zero-order valence-electron chi connectivity index (χ0n) is 11.8. The monoisotopic (exact) mass is 323 g/mol. The van der Waals surface area contributed by atoms with E-state index >= 15 is 0 Å². The summed E-state index contributed by atoms with van der Waals surface area (Å²) in [7, 11) is 0. The third-order valence-electron chi connectivity index (χ3n) is 2.48. The van der Waals surface area contributed by atoms with Crippen molar-refractivity contribution in [2.75, 3.05) is 5.84 Å². The number of carbonyl (C=O) groups excluding carboxylic acids is 1. The van der Waals surface area contributed by atoms with Gasteiger partial charge in [0.1, 0.15) is 6.33 Å². The predicted octanol–water partition coefficient (Wildman–Crippen LogP) is 1.62. The summed E-state index contributed by atoms with van der Waals surface area (Å²) in [4.78, 5) is 22.9. The first-order valence-electron chi connectivity index (χ1n) is 6.21. The molecule has 116 valence electrons. The van der Waals surface area contributed by atoms with Crippen LogP contribution in [0.2, 0.25) is 0 Å². The summed E-state index contributed by atoms with van der Waals surface area (Å²) < 4.78 is 6.30. The molecule has 10 heteroatoms. The molecule has 0 saturated carbocycles. The standard InChI is InChI=1S/C12H13N5O4S/c1-7(2)21-11(18)9-5-8(17(19)20)3-4-10(9)22-12-15-14-6-16(12)13/h3-7H,13H2,1-2H3. The molecule has 0 radical (unpaired) electrons. The maximum atomic E-state index is 12.1. The third kappa shape index (κ3) is 3.52. The summed E-state index contributed by atoms with van der Waals surface area (Å²) >= 11 is 1.06. The Morgan fingerprint density at radius 1 is 1.50 bits per heavy atom. The molecule has 2 N–H and O–H groups in total. The Balaban J connectivity index is 2.41. The van der Waals surface area contributed by atoms with Gasteiger partial charge in [-0.05, 0) is 31.7 Å². The summed E-state index contributed by atoms with van der Waals surface area (Å²) in [5, 5.41) is 18.6. The Kier molecular flexibility index (Phi) is 4.61. The minimum atomic E-state index is -0.649. The number of carbonyl (C=O) groups is 1. The largest absolute Gasteiger partial charge is 0.459 e. The van der Waals surface area contributed by atoms with Gasteiger partial charge in [-0.3, -0.25) is 10.1 Å². The Labute approximate surface area is 129 Å². The van der Waals surface area contributed by atoms with Crippen molar-refractivity contribution in [1.29, 1.82) is 0 Å². The highest BCUT2D eigenvalue weighted by molar-refractivity contribution is 7.99. The van der Waals surface area contributed by atoms with E-state index in [0.717, 1.165) is 11.8 Å². The van der Waals surface area contributed by atoms with Crippen LogP contribution in [0.5, 0.6) is 0 Å². The van der Waals surface area contributed by atoms with Gasteiger partial charge >= 0.3 is 5.97 Å². The normalized spacial score (nSPS) is 10.7. The molecule has 0 aliphatic rings. The quantitative estimate of drug-likeness (QED) is 0.380. The summed E-state index contributed by atoms with van der Waals surface area (Å²) in [6, 6.07) is 3.92. The number of nitro groups is 1. The molecule has 1 aromatic carbocycles. The number of rotatable bonds is 5. The number of hydrogen-bond acceptors (Lipinski definition) is 8. The van der Waals surface area contributed by atoms with Gasteiger partial charge in [-0.15, -0.1) is 10.2 Å². The maximum absolute atomic E-state index is 12.1. The number of nitrogens with two attached hydrogens (primary N) is 1. The van der Waals surface area contributed by atoms with Gasteiger partial charge in [-0.25, -0.2) is 9.47 Å². The molecule has 0 spiro atoms. The number of ether oxygens (including phenoxy) is 1. The van der Waals surface area contributed by atoms with Crippen molar-refractivity contribution in [2.45, 2.75) is 30.0 Å². The highest BCUT2D eigenvalue weighted by Crippen LogP contribution is 2.31. The Bertz CT molecular complexity index is 715. The fourth-order valence-corrected chi connectivity index (χ4v) is 2.39. The molecule has 0 bridgehead atoms. The van der Waals surface area contributed by atoms with Crippen LogP contribution in [0.3, 0.4) is 0 Å². The molecule has 0 fully saturated rings. The molecule has 22 heavy (non-hydrogen) atoms. The van der Waals surface area contributed by atoms with E-state index in [1.165, 1.54) is 29.2 Å². The van der Waals surface area contributed by atoms with Crippen molar-refractivity contribution in [1.82, 2.24) is 14.9 Å². The molecule has 2 aromatic rings. The lowest BCUT2D eigenvalue weighted by molar-refractivity contribution is -0.384. The van der Waals surface area contributed by atoms with Crippen LogP contribution >= 0.6 is 11.8 Å². The predicted molar refractivity (Wildman–Crippen MR) is 77.9 cm³/mol. The number of nitro benzene ring substituents is 1. The van der Waals surface area contributed by atoms with Crippen molar-refractivity contribution in [3.05, 3.63) is 40.2 Å². The first-order valence-corrected chi connectivity index (χ1v) is 7.02. The van der Waals surface area contributed by atoms with Crippen LogP contribution in [-0.4, -0.2) is 31.9 Å². The Morgan fingerprint density at radius 3 is 2.77 bits per heavy atom. The lowest BCUT2D eigenvalue weighted by Crippen LogP contribution is -2.13. The SMILES string of the molecule is CC(C)OC(=O)c1cc([N+](=O)[O-])ccc1Sc1nncn1N. The number of benzene rings is 1. The highest BCUT2D eigenvalue weighted by atomic mass is 32.2. The van der Waals surface area contributed by atoms with Crippen LogP contribution in [0.4, 0.5) is 5.69 Å². The van der Waals surface area contributed by atoms with E-state index in [1.807, 2.05) is 0 Å². The minimum Gasteiger partial charge on any atom is -0.459 e. The number of aromatic nitrogens is 3. The van der Waals surface area contributed by atoms with E-state index in [-0.39, 0.29) is 17.4 Å². The number of nitrogen functional groups attached to an aromatic ring is 1. The number of non-ortho nitro benzene ring substituents is 1. The second-order valence-electron chi connectivity index (χ2n) is 4.51. The van der Waals surface area contributed by atoms with Crippen LogP contribution < -0.4 is 5.84 Å². The fraction of sp³-hybridized carbons (Fsp3) is 0.250. The first kappa shape index (κ1) is 15.8. The summed E-state index contributed by atoms with van der Waals surface area (Å²) in [5.74, 6) is 4.97. The van der Waals surface area contributed by atoms with Gasteiger partial charge in [0.25, 0.3) is 5.69 Å². The average molecular weight is 323 g/mol.